The zero-order valence-electron chi connectivity index (χ0n) is 13.6. The Bertz CT molecular complexity index is 735. The van der Waals surface area contributed by atoms with Crippen molar-refractivity contribution in [2.24, 2.45) is 0 Å². The number of rotatable bonds is 6. The number of aromatic nitrogens is 1. The number of fused-ring (bicyclic) bond motifs is 1. The topological polar surface area (TPSA) is 93.5 Å². The molecule has 0 radical (unpaired) electrons. The molecule has 24 heavy (non-hydrogen) atoms. The fourth-order valence-corrected chi connectivity index (χ4v) is 2.69. The van der Waals surface area contributed by atoms with Crippen molar-refractivity contribution in [2.45, 2.75) is 38.7 Å². The number of nitrogens with one attached hydrogen (secondary N) is 2. The Balaban J connectivity index is 1.43. The molecule has 1 aliphatic rings. The van der Waals surface area contributed by atoms with Crippen LogP contribution in [0.4, 0.5) is 5.69 Å². The van der Waals surface area contributed by atoms with Gasteiger partial charge >= 0.3 is 0 Å². The second-order valence-corrected chi connectivity index (χ2v) is 5.90. The van der Waals surface area contributed by atoms with Crippen molar-refractivity contribution in [3.8, 4) is 0 Å². The molecule has 1 saturated heterocycles. The molecule has 7 nitrogen and oxygen atoms in total. The van der Waals surface area contributed by atoms with E-state index in [9.17, 15) is 9.59 Å². The van der Waals surface area contributed by atoms with Gasteiger partial charge in [-0.1, -0.05) is 0 Å². The van der Waals surface area contributed by atoms with E-state index in [1.807, 2.05) is 0 Å². The maximum absolute atomic E-state index is 12.0. The van der Waals surface area contributed by atoms with Gasteiger partial charge in [0.15, 0.2) is 11.5 Å². The van der Waals surface area contributed by atoms with Crippen molar-refractivity contribution in [3.63, 3.8) is 0 Å². The third kappa shape index (κ3) is 4.32. The van der Waals surface area contributed by atoms with Crippen LogP contribution < -0.4 is 10.6 Å². The van der Waals surface area contributed by atoms with Crippen LogP contribution in [-0.4, -0.2) is 36.1 Å². The number of aryl methyl sites for hydroxylation is 1. The number of ether oxygens (including phenoxy) is 1. The minimum absolute atomic E-state index is 0.112. The SMILES string of the molecule is Cc1nc2cc(NC(=O)CCC(=O)NC[C@@H]3CCCO3)ccc2o1. The van der Waals surface area contributed by atoms with Crippen molar-refractivity contribution in [1.29, 1.82) is 0 Å². The molecule has 2 aromatic rings. The monoisotopic (exact) mass is 331 g/mol. The van der Waals surface area contributed by atoms with Gasteiger partial charge in [-0.25, -0.2) is 4.98 Å². The van der Waals surface area contributed by atoms with Gasteiger partial charge in [0.2, 0.25) is 11.8 Å². The number of hydrogen-bond acceptors (Lipinski definition) is 5. The molecule has 0 bridgehead atoms. The highest BCUT2D eigenvalue weighted by Gasteiger charge is 2.16. The first-order chi connectivity index (χ1) is 11.6. The zero-order valence-corrected chi connectivity index (χ0v) is 13.6. The summed E-state index contributed by atoms with van der Waals surface area (Å²) in [6.07, 6.45) is 2.42. The Kier molecular flexibility index (Phi) is 5.10. The molecule has 1 fully saturated rings. The lowest BCUT2D eigenvalue weighted by Gasteiger charge is -2.10. The quantitative estimate of drug-likeness (QED) is 0.846. The number of anilines is 1. The van der Waals surface area contributed by atoms with Gasteiger partial charge in [-0.3, -0.25) is 9.59 Å². The molecule has 128 valence electrons. The van der Waals surface area contributed by atoms with Gasteiger partial charge in [0.25, 0.3) is 0 Å². The van der Waals surface area contributed by atoms with Crippen LogP contribution in [0.1, 0.15) is 31.6 Å². The summed E-state index contributed by atoms with van der Waals surface area (Å²) in [6, 6.07) is 5.27. The maximum atomic E-state index is 12.0. The average molecular weight is 331 g/mol. The first-order valence-electron chi connectivity index (χ1n) is 8.15. The van der Waals surface area contributed by atoms with Crippen LogP contribution in [0, 0.1) is 6.92 Å². The van der Waals surface area contributed by atoms with Crippen molar-refractivity contribution in [2.75, 3.05) is 18.5 Å². The minimum Gasteiger partial charge on any atom is -0.441 e. The summed E-state index contributed by atoms with van der Waals surface area (Å²) in [4.78, 5) is 27.9. The average Bonchev–Trinajstić information content (AvgIpc) is 3.18. The van der Waals surface area contributed by atoms with Crippen molar-refractivity contribution < 1.29 is 18.7 Å². The molecule has 1 aromatic carbocycles. The van der Waals surface area contributed by atoms with E-state index in [1.165, 1.54) is 0 Å². The summed E-state index contributed by atoms with van der Waals surface area (Å²) in [7, 11) is 0. The van der Waals surface area contributed by atoms with E-state index in [4.69, 9.17) is 9.15 Å². The zero-order chi connectivity index (χ0) is 16.9. The van der Waals surface area contributed by atoms with E-state index in [2.05, 4.69) is 15.6 Å². The smallest absolute Gasteiger partial charge is 0.224 e. The van der Waals surface area contributed by atoms with Crippen molar-refractivity contribution >= 4 is 28.6 Å². The molecule has 1 aromatic heterocycles. The number of hydrogen-bond donors (Lipinski definition) is 2. The fourth-order valence-electron chi connectivity index (χ4n) is 2.69. The summed E-state index contributed by atoms with van der Waals surface area (Å²) in [6.45, 7) is 3.05. The standard InChI is InChI=1S/C17H21N3O4/c1-11-19-14-9-12(4-5-15(14)24-11)20-17(22)7-6-16(21)18-10-13-3-2-8-23-13/h4-5,9,13H,2-3,6-8,10H2,1H3,(H,18,21)(H,20,22)/t13-/m0/s1. The van der Waals surface area contributed by atoms with Gasteiger partial charge in [0.05, 0.1) is 6.10 Å². The van der Waals surface area contributed by atoms with E-state index in [-0.39, 0.29) is 30.8 Å². The molecular formula is C17H21N3O4. The lowest BCUT2D eigenvalue weighted by atomic mass is 10.2. The molecule has 7 heteroatoms. The molecule has 0 unspecified atom stereocenters. The van der Waals surface area contributed by atoms with E-state index < -0.39 is 0 Å². The second kappa shape index (κ2) is 7.44. The van der Waals surface area contributed by atoms with Crippen LogP contribution in [0.5, 0.6) is 0 Å². The Morgan fingerprint density at radius 1 is 1.29 bits per heavy atom. The van der Waals surface area contributed by atoms with Crippen LogP contribution in [0.2, 0.25) is 0 Å². The predicted molar refractivity (Wildman–Crippen MR) is 88.6 cm³/mol. The molecule has 0 spiro atoms. The lowest BCUT2D eigenvalue weighted by Crippen LogP contribution is -2.32. The van der Waals surface area contributed by atoms with Gasteiger partial charge in [-0.2, -0.15) is 0 Å². The van der Waals surface area contributed by atoms with Crippen molar-refractivity contribution in [3.05, 3.63) is 24.1 Å². The van der Waals surface area contributed by atoms with Gasteiger partial charge in [0.1, 0.15) is 5.52 Å². The summed E-state index contributed by atoms with van der Waals surface area (Å²) in [5.74, 6) is 0.237. The molecule has 0 saturated carbocycles. The second-order valence-electron chi connectivity index (χ2n) is 5.90. The molecular weight excluding hydrogens is 310 g/mol. The summed E-state index contributed by atoms with van der Waals surface area (Å²) in [5.41, 5.74) is 2.01. The third-order valence-electron chi connectivity index (χ3n) is 3.91. The number of carbonyl (C=O) groups is 2. The first kappa shape index (κ1) is 16.4. The number of amides is 2. The van der Waals surface area contributed by atoms with E-state index in [1.54, 1.807) is 25.1 Å². The molecule has 2 heterocycles. The number of oxazole rings is 1. The fraction of sp³-hybridized carbons (Fsp3) is 0.471. The summed E-state index contributed by atoms with van der Waals surface area (Å²) < 4.78 is 10.8. The van der Waals surface area contributed by atoms with Crippen LogP contribution in [0.15, 0.2) is 22.6 Å². The van der Waals surface area contributed by atoms with Gasteiger partial charge < -0.3 is 19.8 Å². The third-order valence-corrected chi connectivity index (χ3v) is 3.91. The number of carbonyl (C=O) groups excluding carboxylic acids is 2. The van der Waals surface area contributed by atoms with Gasteiger partial charge in [0, 0.05) is 38.6 Å². The molecule has 2 N–H and O–H groups in total. The Labute approximate surface area is 139 Å². The van der Waals surface area contributed by atoms with E-state index in [0.29, 0.717) is 29.2 Å². The Morgan fingerprint density at radius 2 is 2.12 bits per heavy atom. The highest BCUT2D eigenvalue weighted by atomic mass is 16.5. The minimum atomic E-state index is -0.207. The van der Waals surface area contributed by atoms with Crippen LogP contribution in [0.25, 0.3) is 11.1 Å². The Morgan fingerprint density at radius 3 is 2.92 bits per heavy atom. The van der Waals surface area contributed by atoms with Crippen molar-refractivity contribution in [1.82, 2.24) is 10.3 Å². The highest BCUT2D eigenvalue weighted by molar-refractivity contribution is 5.94. The molecule has 1 aliphatic heterocycles. The maximum Gasteiger partial charge on any atom is 0.224 e. The molecule has 1 atom stereocenters. The normalized spacial score (nSPS) is 17.1. The van der Waals surface area contributed by atoms with Gasteiger partial charge in [-0.05, 0) is 31.0 Å². The highest BCUT2D eigenvalue weighted by Crippen LogP contribution is 2.19. The van der Waals surface area contributed by atoms with Crippen LogP contribution in [-0.2, 0) is 14.3 Å². The number of benzene rings is 1. The van der Waals surface area contributed by atoms with Crippen LogP contribution >= 0.6 is 0 Å². The van der Waals surface area contributed by atoms with Crippen LogP contribution in [0.3, 0.4) is 0 Å². The number of nitrogens with zero attached hydrogens (tertiary/aromatic N) is 1. The Hall–Kier alpha value is -2.41. The molecule has 0 aliphatic carbocycles. The summed E-state index contributed by atoms with van der Waals surface area (Å²) >= 11 is 0. The molecule has 3 rings (SSSR count). The largest absolute Gasteiger partial charge is 0.441 e. The lowest BCUT2D eigenvalue weighted by molar-refractivity contribution is -0.124. The van der Waals surface area contributed by atoms with E-state index in [0.717, 1.165) is 19.4 Å². The molecule has 2 amide bonds. The predicted octanol–water partition coefficient (Wildman–Crippen LogP) is 2.15. The van der Waals surface area contributed by atoms with E-state index >= 15 is 0 Å². The summed E-state index contributed by atoms with van der Waals surface area (Å²) in [5, 5.41) is 5.58. The van der Waals surface area contributed by atoms with Gasteiger partial charge in [-0.15, -0.1) is 0 Å². The first-order valence-corrected chi connectivity index (χ1v) is 8.15.